The van der Waals surface area contributed by atoms with Crippen LogP contribution in [0.15, 0.2) is 36.5 Å². The number of methoxy groups -OCH3 is 1. The maximum atomic E-state index is 11.9. The zero-order chi connectivity index (χ0) is 19.5. The number of hydrogen-bond acceptors (Lipinski definition) is 6. The molecule has 0 unspecified atom stereocenters. The smallest absolute Gasteiger partial charge is 0.337 e. The van der Waals surface area contributed by atoms with E-state index in [1.54, 1.807) is 12.1 Å². The third kappa shape index (κ3) is 6.07. The highest BCUT2D eigenvalue weighted by molar-refractivity contribution is 6.30. The van der Waals surface area contributed by atoms with Crippen molar-refractivity contribution in [3.63, 3.8) is 0 Å². The second-order valence-electron chi connectivity index (χ2n) is 4.51. The van der Waals surface area contributed by atoms with E-state index in [1.807, 2.05) is 19.9 Å². The molecule has 8 heteroatoms. The van der Waals surface area contributed by atoms with Crippen molar-refractivity contribution in [2.24, 2.45) is 0 Å². The van der Waals surface area contributed by atoms with Crippen LogP contribution in [0.1, 0.15) is 29.8 Å². The number of rotatable bonds is 5. The normalized spacial score (nSPS) is 9.19. The summed E-state index contributed by atoms with van der Waals surface area (Å²) in [5.74, 6) is -0.618. The molecule has 1 heterocycles. The maximum Gasteiger partial charge on any atom is 0.337 e. The second kappa shape index (κ2) is 10.7. The van der Waals surface area contributed by atoms with Crippen LogP contribution in [0.25, 0.3) is 0 Å². The first-order valence-electron chi connectivity index (χ1n) is 7.70. The number of nitriles is 1. The number of carbonyl (C=O) groups excluding carboxylic acids is 2. The number of halogens is 1. The van der Waals surface area contributed by atoms with Crippen molar-refractivity contribution in [3.8, 4) is 11.8 Å². The quantitative estimate of drug-likeness (QED) is 0.803. The summed E-state index contributed by atoms with van der Waals surface area (Å²) in [6.45, 7) is 3.64. The van der Waals surface area contributed by atoms with Crippen molar-refractivity contribution in [1.29, 1.82) is 5.26 Å². The molecular formula is C18H18ClN3O4. The van der Waals surface area contributed by atoms with Crippen LogP contribution >= 0.6 is 11.6 Å². The van der Waals surface area contributed by atoms with Gasteiger partial charge in [-0.1, -0.05) is 25.4 Å². The van der Waals surface area contributed by atoms with Crippen LogP contribution in [0.5, 0.6) is 5.75 Å². The number of esters is 1. The Balaban J connectivity index is 0.00000163. The Hall–Kier alpha value is -3.11. The lowest BCUT2D eigenvalue weighted by atomic mass is 10.1. The number of amides is 1. The van der Waals surface area contributed by atoms with Crippen molar-refractivity contribution in [2.75, 3.05) is 19.0 Å². The number of carbonyl (C=O) groups is 2. The van der Waals surface area contributed by atoms with Gasteiger partial charge in [-0.3, -0.25) is 4.79 Å². The molecule has 0 spiro atoms. The molecule has 136 valence electrons. The van der Waals surface area contributed by atoms with Crippen molar-refractivity contribution < 1.29 is 19.1 Å². The van der Waals surface area contributed by atoms with Gasteiger partial charge in [0.1, 0.15) is 17.6 Å². The SMILES string of the molecule is CC.COC(=O)c1ccc(C#N)c(OCC(=O)Nc2ccc(Cl)cn2)c1. The van der Waals surface area contributed by atoms with Crippen LogP contribution < -0.4 is 10.1 Å². The van der Waals surface area contributed by atoms with Crippen LogP contribution in [0.2, 0.25) is 5.02 Å². The molecule has 0 bridgehead atoms. The minimum atomic E-state index is -0.570. The van der Waals surface area contributed by atoms with E-state index in [0.29, 0.717) is 10.8 Å². The van der Waals surface area contributed by atoms with E-state index in [2.05, 4.69) is 15.0 Å². The van der Waals surface area contributed by atoms with E-state index < -0.39 is 11.9 Å². The van der Waals surface area contributed by atoms with Crippen LogP contribution in [-0.2, 0) is 9.53 Å². The molecule has 1 amide bonds. The molecule has 0 aliphatic heterocycles. The van der Waals surface area contributed by atoms with E-state index in [-0.39, 0.29) is 23.5 Å². The fourth-order valence-corrected chi connectivity index (χ4v) is 1.86. The number of nitrogens with one attached hydrogen (secondary N) is 1. The zero-order valence-electron chi connectivity index (χ0n) is 14.6. The molecular weight excluding hydrogens is 358 g/mol. The fourth-order valence-electron chi connectivity index (χ4n) is 1.75. The lowest BCUT2D eigenvalue weighted by molar-refractivity contribution is -0.118. The Morgan fingerprint density at radius 2 is 2.00 bits per heavy atom. The molecule has 2 aromatic rings. The first-order valence-corrected chi connectivity index (χ1v) is 8.08. The van der Waals surface area contributed by atoms with E-state index >= 15 is 0 Å². The minimum Gasteiger partial charge on any atom is -0.482 e. The fraction of sp³-hybridized carbons (Fsp3) is 0.222. The van der Waals surface area contributed by atoms with Gasteiger partial charge in [0.15, 0.2) is 6.61 Å². The largest absolute Gasteiger partial charge is 0.482 e. The summed E-state index contributed by atoms with van der Waals surface area (Å²) < 4.78 is 9.93. The van der Waals surface area contributed by atoms with Crippen LogP contribution in [0.3, 0.4) is 0 Å². The third-order valence-electron chi connectivity index (χ3n) is 2.88. The highest BCUT2D eigenvalue weighted by Crippen LogP contribution is 2.20. The van der Waals surface area contributed by atoms with Gasteiger partial charge in [0, 0.05) is 6.20 Å². The molecule has 0 saturated carbocycles. The molecule has 0 aliphatic rings. The number of anilines is 1. The second-order valence-corrected chi connectivity index (χ2v) is 4.95. The van der Waals surface area contributed by atoms with Crippen LogP contribution in [-0.4, -0.2) is 30.6 Å². The number of benzene rings is 1. The van der Waals surface area contributed by atoms with Gasteiger partial charge in [-0.05, 0) is 30.3 Å². The van der Waals surface area contributed by atoms with Gasteiger partial charge in [0.05, 0.1) is 23.3 Å². The number of hydrogen-bond donors (Lipinski definition) is 1. The molecule has 0 radical (unpaired) electrons. The van der Waals surface area contributed by atoms with Gasteiger partial charge < -0.3 is 14.8 Å². The molecule has 0 aliphatic carbocycles. The topological polar surface area (TPSA) is 101 Å². The van der Waals surface area contributed by atoms with E-state index in [9.17, 15) is 9.59 Å². The summed E-state index contributed by atoms with van der Waals surface area (Å²) in [5, 5.41) is 12.0. The van der Waals surface area contributed by atoms with Gasteiger partial charge in [0.2, 0.25) is 0 Å². The molecule has 26 heavy (non-hydrogen) atoms. The van der Waals surface area contributed by atoms with Gasteiger partial charge in [0.25, 0.3) is 5.91 Å². The Morgan fingerprint density at radius 1 is 1.27 bits per heavy atom. The molecule has 0 fully saturated rings. The number of ether oxygens (including phenoxy) is 2. The predicted molar refractivity (Wildman–Crippen MR) is 97.2 cm³/mol. The highest BCUT2D eigenvalue weighted by Gasteiger charge is 2.12. The minimum absolute atomic E-state index is 0.111. The number of pyridine rings is 1. The standard InChI is InChI=1S/C16H12ClN3O4.C2H6/c1-23-16(22)10-2-3-11(7-18)13(6-10)24-9-15(21)20-14-5-4-12(17)8-19-14;1-2/h2-6,8H,9H2,1H3,(H,19,20,21);1-2H3. The van der Waals surface area contributed by atoms with Gasteiger partial charge in [-0.2, -0.15) is 5.26 Å². The number of aromatic nitrogens is 1. The Morgan fingerprint density at radius 3 is 2.58 bits per heavy atom. The summed E-state index contributed by atoms with van der Waals surface area (Å²) in [4.78, 5) is 27.3. The van der Waals surface area contributed by atoms with Crippen LogP contribution in [0, 0.1) is 11.3 Å². The lowest BCUT2D eigenvalue weighted by Crippen LogP contribution is -2.21. The van der Waals surface area contributed by atoms with Crippen molar-refractivity contribution in [3.05, 3.63) is 52.7 Å². The summed E-state index contributed by atoms with van der Waals surface area (Å²) >= 11 is 5.71. The monoisotopic (exact) mass is 375 g/mol. The molecule has 1 aromatic carbocycles. The van der Waals surface area contributed by atoms with Gasteiger partial charge in [-0.15, -0.1) is 0 Å². The van der Waals surface area contributed by atoms with Crippen molar-refractivity contribution in [1.82, 2.24) is 4.98 Å². The first-order chi connectivity index (χ1) is 12.5. The molecule has 0 saturated heterocycles. The van der Waals surface area contributed by atoms with Crippen LogP contribution in [0.4, 0.5) is 5.82 Å². The zero-order valence-corrected chi connectivity index (χ0v) is 15.3. The van der Waals surface area contributed by atoms with E-state index in [0.717, 1.165) is 0 Å². The molecule has 0 atom stereocenters. The summed E-state index contributed by atoms with van der Waals surface area (Å²) in [7, 11) is 1.24. The highest BCUT2D eigenvalue weighted by atomic mass is 35.5. The van der Waals surface area contributed by atoms with E-state index in [1.165, 1.54) is 31.5 Å². The maximum absolute atomic E-state index is 11.9. The lowest BCUT2D eigenvalue weighted by Gasteiger charge is -2.09. The van der Waals surface area contributed by atoms with Crippen molar-refractivity contribution >= 4 is 29.3 Å². The Labute approximate surface area is 156 Å². The third-order valence-corrected chi connectivity index (χ3v) is 3.10. The Kier molecular flexibility index (Phi) is 8.61. The summed E-state index contributed by atoms with van der Waals surface area (Å²) in [6, 6.07) is 9.25. The van der Waals surface area contributed by atoms with Crippen molar-refractivity contribution in [2.45, 2.75) is 13.8 Å². The molecule has 7 nitrogen and oxygen atoms in total. The van der Waals surface area contributed by atoms with Gasteiger partial charge in [-0.25, -0.2) is 9.78 Å². The first kappa shape index (κ1) is 20.9. The van der Waals surface area contributed by atoms with Gasteiger partial charge >= 0.3 is 5.97 Å². The summed E-state index contributed by atoms with van der Waals surface area (Å²) in [6.07, 6.45) is 1.39. The average Bonchev–Trinajstić information content (AvgIpc) is 2.68. The van der Waals surface area contributed by atoms with E-state index in [4.69, 9.17) is 21.6 Å². The average molecular weight is 376 g/mol. The Bertz CT molecular complexity index is 801. The molecule has 2 rings (SSSR count). The predicted octanol–water partition coefficient (Wildman–Crippen LogP) is 3.44. The number of nitrogens with zero attached hydrogens (tertiary/aromatic N) is 2. The molecule has 1 N–H and O–H groups in total. The molecule has 1 aromatic heterocycles. The summed E-state index contributed by atoms with van der Waals surface area (Å²) in [5.41, 5.74) is 0.409.